The van der Waals surface area contributed by atoms with E-state index in [2.05, 4.69) is 15.5 Å². The summed E-state index contributed by atoms with van der Waals surface area (Å²) >= 11 is 2.82. The first kappa shape index (κ1) is 23.5. The summed E-state index contributed by atoms with van der Waals surface area (Å²) in [4.78, 5) is 26.8. The van der Waals surface area contributed by atoms with Gasteiger partial charge in [0.1, 0.15) is 5.00 Å². The van der Waals surface area contributed by atoms with Gasteiger partial charge in [0.05, 0.1) is 17.4 Å². The van der Waals surface area contributed by atoms with Gasteiger partial charge in [-0.3, -0.25) is 4.79 Å². The van der Waals surface area contributed by atoms with Gasteiger partial charge in [-0.05, 0) is 57.6 Å². The normalized spacial score (nSPS) is 13.1. The molecule has 0 spiro atoms. The van der Waals surface area contributed by atoms with Gasteiger partial charge >= 0.3 is 5.97 Å². The lowest BCUT2D eigenvalue weighted by Crippen LogP contribution is -2.19. The predicted molar refractivity (Wildman–Crippen MR) is 132 cm³/mol. The fraction of sp³-hybridized carbons (Fsp3) is 0.417. The van der Waals surface area contributed by atoms with E-state index >= 15 is 0 Å². The Bertz CT molecular complexity index is 1180. The molecule has 1 N–H and O–H groups in total. The molecule has 7 nitrogen and oxygen atoms in total. The number of aryl methyl sites for hydroxylation is 2. The maximum absolute atomic E-state index is 12.8. The van der Waals surface area contributed by atoms with E-state index in [4.69, 9.17) is 4.74 Å². The molecule has 3 aromatic rings. The lowest BCUT2D eigenvalue weighted by molar-refractivity contribution is -0.113. The number of esters is 1. The number of hydrogen-bond donors (Lipinski definition) is 1. The van der Waals surface area contributed by atoms with Gasteiger partial charge in [0.2, 0.25) is 5.91 Å². The quantitative estimate of drug-likeness (QED) is 0.374. The average Bonchev–Trinajstić information content (AvgIpc) is 3.32. The minimum absolute atomic E-state index is 0.168. The van der Waals surface area contributed by atoms with E-state index in [1.807, 2.05) is 56.7 Å². The lowest BCUT2D eigenvalue weighted by atomic mass is 9.95. The molecular formula is C24H28N4O3S2. The van der Waals surface area contributed by atoms with Crippen molar-refractivity contribution in [1.82, 2.24) is 14.8 Å². The van der Waals surface area contributed by atoms with Crippen molar-refractivity contribution in [3.05, 3.63) is 45.8 Å². The molecule has 0 radical (unpaired) electrons. The van der Waals surface area contributed by atoms with Crippen LogP contribution < -0.4 is 5.32 Å². The SMILES string of the molecule is Cc1ccccc1-c1nnc(SCC(=O)Nc2sc3c(c2C(=O)OC(C)C)CCCC3)n1C. The Morgan fingerprint density at radius 1 is 1.21 bits per heavy atom. The molecule has 9 heteroatoms. The van der Waals surface area contributed by atoms with E-state index < -0.39 is 0 Å². The molecule has 0 aliphatic heterocycles. The Labute approximate surface area is 201 Å². The van der Waals surface area contributed by atoms with E-state index in [-0.39, 0.29) is 23.7 Å². The van der Waals surface area contributed by atoms with Crippen LogP contribution in [0.1, 0.15) is 53.1 Å². The van der Waals surface area contributed by atoms with Gasteiger partial charge < -0.3 is 14.6 Å². The number of rotatable bonds is 7. The van der Waals surface area contributed by atoms with Crippen molar-refractivity contribution in [2.45, 2.75) is 57.7 Å². The third kappa shape index (κ3) is 5.14. The second-order valence-electron chi connectivity index (χ2n) is 8.39. The van der Waals surface area contributed by atoms with E-state index in [0.717, 1.165) is 48.2 Å². The highest BCUT2D eigenvalue weighted by atomic mass is 32.2. The van der Waals surface area contributed by atoms with Crippen molar-refractivity contribution in [3.8, 4) is 11.4 Å². The van der Waals surface area contributed by atoms with Crippen molar-refractivity contribution >= 4 is 40.0 Å². The zero-order valence-corrected chi connectivity index (χ0v) is 20.9. The van der Waals surface area contributed by atoms with E-state index in [9.17, 15) is 9.59 Å². The summed E-state index contributed by atoms with van der Waals surface area (Å²) in [5, 5.41) is 12.8. The molecule has 1 amide bonds. The number of thiophene rings is 1. The van der Waals surface area contributed by atoms with Gasteiger partial charge in [-0.25, -0.2) is 4.79 Å². The Hall–Kier alpha value is -2.65. The minimum Gasteiger partial charge on any atom is -0.459 e. The molecule has 33 heavy (non-hydrogen) atoms. The first-order valence-electron chi connectivity index (χ1n) is 11.1. The maximum Gasteiger partial charge on any atom is 0.341 e. The van der Waals surface area contributed by atoms with Gasteiger partial charge in [-0.1, -0.05) is 36.0 Å². The highest BCUT2D eigenvalue weighted by molar-refractivity contribution is 7.99. The van der Waals surface area contributed by atoms with E-state index in [0.29, 0.717) is 15.7 Å². The van der Waals surface area contributed by atoms with Gasteiger partial charge in [0.25, 0.3) is 0 Å². The maximum atomic E-state index is 12.8. The number of benzene rings is 1. The van der Waals surface area contributed by atoms with Crippen molar-refractivity contribution in [2.75, 3.05) is 11.1 Å². The molecule has 0 saturated carbocycles. The number of nitrogens with one attached hydrogen (secondary N) is 1. The summed E-state index contributed by atoms with van der Waals surface area (Å²) in [5.74, 6) is 0.392. The number of carbonyl (C=O) groups excluding carboxylic acids is 2. The number of aromatic nitrogens is 3. The molecule has 1 aliphatic rings. The number of ether oxygens (including phenoxy) is 1. The number of thioether (sulfide) groups is 1. The smallest absolute Gasteiger partial charge is 0.341 e. The fourth-order valence-electron chi connectivity index (χ4n) is 3.93. The molecule has 0 bridgehead atoms. The summed E-state index contributed by atoms with van der Waals surface area (Å²) < 4.78 is 7.37. The summed E-state index contributed by atoms with van der Waals surface area (Å²) in [7, 11) is 1.90. The third-order valence-corrected chi connectivity index (χ3v) is 7.75. The molecule has 0 saturated heterocycles. The zero-order valence-electron chi connectivity index (χ0n) is 19.3. The Morgan fingerprint density at radius 3 is 2.73 bits per heavy atom. The number of carbonyl (C=O) groups is 2. The van der Waals surface area contributed by atoms with Crippen molar-refractivity contribution in [3.63, 3.8) is 0 Å². The molecule has 0 fully saturated rings. The van der Waals surface area contributed by atoms with Crippen LogP contribution in [0.4, 0.5) is 5.00 Å². The number of nitrogens with zero attached hydrogens (tertiary/aromatic N) is 3. The number of amides is 1. The van der Waals surface area contributed by atoms with Crippen LogP contribution >= 0.6 is 23.1 Å². The molecule has 2 aromatic heterocycles. The van der Waals surface area contributed by atoms with Crippen LogP contribution in [-0.2, 0) is 29.4 Å². The second-order valence-corrected chi connectivity index (χ2v) is 10.4. The first-order valence-corrected chi connectivity index (χ1v) is 12.9. The second kappa shape index (κ2) is 10.1. The molecule has 1 aliphatic carbocycles. The summed E-state index contributed by atoms with van der Waals surface area (Å²) in [5.41, 5.74) is 3.70. The van der Waals surface area contributed by atoms with Gasteiger partial charge in [0, 0.05) is 17.5 Å². The highest BCUT2D eigenvalue weighted by Gasteiger charge is 2.28. The Kier molecular flexibility index (Phi) is 7.19. The molecule has 0 unspecified atom stereocenters. The van der Waals surface area contributed by atoms with Crippen molar-refractivity contribution < 1.29 is 14.3 Å². The van der Waals surface area contributed by atoms with Crippen LogP contribution in [0.2, 0.25) is 0 Å². The van der Waals surface area contributed by atoms with Gasteiger partial charge in [0.15, 0.2) is 11.0 Å². The molecule has 0 atom stereocenters. The first-order chi connectivity index (χ1) is 15.8. The predicted octanol–water partition coefficient (Wildman–Crippen LogP) is 5.03. The lowest BCUT2D eigenvalue weighted by Gasteiger charge is -2.14. The topological polar surface area (TPSA) is 86.1 Å². The third-order valence-electron chi connectivity index (χ3n) is 5.52. The largest absolute Gasteiger partial charge is 0.459 e. The molecule has 174 valence electrons. The summed E-state index contributed by atoms with van der Waals surface area (Å²) in [6.07, 6.45) is 3.72. The summed E-state index contributed by atoms with van der Waals surface area (Å²) in [6.45, 7) is 5.70. The van der Waals surface area contributed by atoms with Crippen LogP contribution in [0.3, 0.4) is 0 Å². The van der Waals surface area contributed by atoms with Crippen molar-refractivity contribution in [1.29, 1.82) is 0 Å². The fourth-order valence-corrected chi connectivity index (χ4v) is 5.94. The number of hydrogen-bond acceptors (Lipinski definition) is 7. The van der Waals surface area contributed by atoms with Crippen LogP contribution in [-0.4, -0.2) is 38.5 Å². The van der Waals surface area contributed by atoms with E-state index in [1.165, 1.54) is 28.0 Å². The monoisotopic (exact) mass is 484 g/mol. The van der Waals surface area contributed by atoms with Crippen LogP contribution in [0.25, 0.3) is 11.4 Å². The molecular weight excluding hydrogens is 456 g/mol. The number of fused-ring (bicyclic) bond motifs is 1. The number of anilines is 1. The van der Waals surface area contributed by atoms with Crippen LogP contribution in [0.15, 0.2) is 29.4 Å². The van der Waals surface area contributed by atoms with Crippen LogP contribution in [0.5, 0.6) is 0 Å². The van der Waals surface area contributed by atoms with Gasteiger partial charge in [-0.2, -0.15) is 0 Å². The van der Waals surface area contributed by atoms with Crippen molar-refractivity contribution in [2.24, 2.45) is 7.05 Å². The Balaban J connectivity index is 1.47. The minimum atomic E-state index is -0.358. The zero-order chi connectivity index (χ0) is 23.5. The van der Waals surface area contributed by atoms with Crippen LogP contribution in [0, 0.1) is 6.92 Å². The Morgan fingerprint density at radius 2 is 1.97 bits per heavy atom. The molecule has 2 heterocycles. The summed E-state index contributed by atoms with van der Waals surface area (Å²) in [6, 6.07) is 8.01. The highest BCUT2D eigenvalue weighted by Crippen LogP contribution is 2.39. The molecule has 4 rings (SSSR count). The van der Waals surface area contributed by atoms with Gasteiger partial charge in [-0.15, -0.1) is 21.5 Å². The standard InChI is InChI=1S/C24H28N4O3S2/c1-14(2)31-23(30)20-17-11-7-8-12-18(17)33-22(20)25-19(29)13-32-24-27-26-21(28(24)4)16-10-6-5-9-15(16)3/h5-6,9-10,14H,7-8,11-13H2,1-4H3,(H,25,29). The average molecular weight is 485 g/mol. The van der Waals surface area contributed by atoms with E-state index in [1.54, 1.807) is 0 Å². The molecule has 1 aromatic carbocycles.